The Labute approximate surface area is 214 Å². The number of urea groups is 1. The van der Waals surface area contributed by atoms with Crippen LogP contribution in [0.3, 0.4) is 0 Å². The Morgan fingerprint density at radius 1 is 1.03 bits per heavy atom. The molecular weight excluding hydrogens is 452 g/mol. The number of carbonyl (C=O) groups excluding carboxylic acids is 2. The van der Waals surface area contributed by atoms with E-state index in [0.29, 0.717) is 24.4 Å². The van der Waals surface area contributed by atoms with Crippen LogP contribution in [0.5, 0.6) is 0 Å². The SMILES string of the molecule is C=CCN1C(=O)N[C@@H](c2ccc(C)cc2)C(C(=O)OCC)=C1CN1CCN(Cc2ccccc2)CC1. The smallest absolute Gasteiger partial charge is 0.338 e. The van der Waals surface area contributed by atoms with Gasteiger partial charge >= 0.3 is 12.0 Å². The molecule has 7 nitrogen and oxygen atoms in total. The first-order valence-corrected chi connectivity index (χ1v) is 12.6. The van der Waals surface area contributed by atoms with Crippen LogP contribution in [0.1, 0.15) is 29.7 Å². The number of amides is 2. The molecule has 0 aliphatic carbocycles. The minimum Gasteiger partial charge on any atom is -0.463 e. The molecule has 2 aromatic rings. The highest BCUT2D eigenvalue weighted by molar-refractivity contribution is 5.95. The Morgan fingerprint density at radius 3 is 2.28 bits per heavy atom. The predicted octanol–water partition coefficient (Wildman–Crippen LogP) is 3.88. The van der Waals surface area contributed by atoms with Crippen LogP contribution in [-0.4, -0.2) is 72.6 Å². The molecule has 0 bridgehead atoms. The van der Waals surface area contributed by atoms with Gasteiger partial charge in [-0.3, -0.25) is 14.7 Å². The topological polar surface area (TPSA) is 65.1 Å². The van der Waals surface area contributed by atoms with E-state index in [-0.39, 0.29) is 12.6 Å². The van der Waals surface area contributed by atoms with Crippen molar-refractivity contribution in [1.29, 1.82) is 0 Å². The number of nitrogens with zero attached hydrogens (tertiary/aromatic N) is 3. The quantitative estimate of drug-likeness (QED) is 0.429. The zero-order valence-corrected chi connectivity index (χ0v) is 21.3. The lowest BCUT2D eigenvalue weighted by molar-refractivity contribution is -0.139. The van der Waals surface area contributed by atoms with E-state index < -0.39 is 12.0 Å². The van der Waals surface area contributed by atoms with E-state index in [1.807, 2.05) is 37.3 Å². The van der Waals surface area contributed by atoms with Crippen LogP contribution < -0.4 is 5.32 Å². The van der Waals surface area contributed by atoms with Gasteiger partial charge < -0.3 is 10.1 Å². The molecule has 190 valence electrons. The van der Waals surface area contributed by atoms with Gasteiger partial charge in [-0.05, 0) is 25.0 Å². The van der Waals surface area contributed by atoms with E-state index in [1.165, 1.54) is 5.56 Å². The van der Waals surface area contributed by atoms with Crippen molar-refractivity contribution in [3.8, 4) is 0 Å². The van der Waals surface area contributed by atoms with Gasteiger partial charge in [0.2, 0.25) is 0 Å². The normalized spacial score (nSPS) is 19.2. The maximum Gasteiger partial charge on any atom is 0.338 e. The summed E-state index contributed by atoms with van der Waals surface area (Å²) in [5.41, 5.74) is 4.47. The molecule has 0 spiro atoms. The summed E-state index contributed by atoms with van der Waals surface area (Å²) in [6, 6.07) is 17.6. The molecule has 7 heteroatoms. The van der Waals surface area contributed by atoms with Gasteiger partial charge in [0.25, 0.3) is 0 Å². The average molecular weight is 489 g/mol. The zero-order valence-electron chi connectivity index (χ0n) is 21.3. The molecule has 4 rings (SSSR count). The minimum absolute atomic E-state index is 0.230. The van der Waals surface area contributed by atoms with E-state index in [9.17, 15) is 9.59 Å². The molecule has 1 saturated heterocycles. The first-order valence-electron chi connectivity index (χ1n) is 12.6. The number of ether oxygens (including phenoxy) is 1. The fraction of sp³-hybridized carbons (Fsp3) is 0.379. The summed E-state index contributed by atoms with van der Waals surface area (Å²) in [6.07, 6.45) is 1.69. The van der Waals surface area contributed by atoms with E-state index in [2.05, 4.69) is 46.0 Å². The van der Waals surface area contributed by atoms with Crippen LogP contribution in [0.15, 0.2) is 78.5 Å². The second-order valence-corrected chi connectivity index (χ2v) is 9.31. The second kappa shape index (κ2) is 12.0. The molecule has 36 heavy (non-hydrogen) atoms. The van der Waals surface area contributed by atoms with E-state index >= 15 is 0 Å². The highest BCUT2D eigenvalue weighted by atomic mass is 16.5. The molecule has 1 atom stereocenters. The molecule has 2 heterocycles. The largest absolute Gasteiger partial charge is 0.463 e. The molecule has 2 aliphatic rings. The Hall–Kier alpha value is -3.42. The number of piperazine rings is 1. The van der Waals surface area contributed by atoms with Crippen molar-refractivity contribution < 1.29 is 14.3 Å². The third-order valence-electron chi connectivity index (χ3n) is 6.74. The zero-order chi connectivity index (χ0) is 25.5. The number of aryl methyl sites for hydroxylation is 1. The third kappa shape index (κ3) is 6.04. The van der Waals surface area contributed by atoms with Crippen LogP contribution in [0, 0.1) is 6.92 Å². The minimum atomic E-state index is -0.562. The van der Waals surface area contributed by atoms with Gasteiger partial charge in [0.1, 0.15) is 0 Å². The van der Waals surface area contributed by atoms with Crippen molar-refractivity contribution in [1.82, 2.24) is 20.0 Å². The summed E-state index contributed by atoms with van der Waals surface area (Å²) >= 11 is 0. The number of rotatable bonds is 9. The van der Waals surface area contributed by atoms with Crippen molar-refractivity contribution in [2.75, 3.05) is 45.9 Å². The monoisotopic (exact) mass is 488 g/mol. The first-order chi connectivity index (χ1) is 17.5. The van der Waals surface area contributed by atoms with Crippen LogP contribution in [-0.2, 0) is 16.1 Å². The molecule has 2 aromatic carbocycles. The van der Waals surface area contributed by atoms with Crippen molar-refractivity contribution in [3.05, 3.63) is 95.2 Å². The number of esters is 1. The van der Waals surface area contributed by atoms with Gasteiger partial charge in [0.05, 0.1) is 18.2 Å². The van der Waals surface area contributed by atoms with Gasteiger partial charge in [-0.15, -0.1) is 6.58 Å². The summed E-state index contributed by atoms with van der Waals surface area (Å²) in [4.78, 5) is 32.9. The molecule has 2 amide bonds. The van der Waals surface area contributed by atoms with Crippen molar-refractivity contribution >= 4 is 12.0 Å². The summed E-state index contributed by atoms with van der Waals surface area (Å²) in [7, 11) is 0. The molecule has 0 unspecified atom stereocenters. The summed E-state index contributed by atoms with van der Waals surface area (Å²) in [5, 5.41) is 3.03. The molecule has 2 aliphatic heterocycles. The van der Waals surface area contributed by atoms with Crippen LogP contribution in [0.2, 0.25) is 0 Å². The Kier molecular flexibility index (Phi) is 8.57. The number of hydrogen-bond donors (Lipinski definition) is 1. The van der Waals surface area contributed by atoms with Crippen LogP contribution >= 0.6 is 0 Å². The maximum absolute atomic E-state index is 13.3. The highest BCUT2D eigenvalue weighted by Crippen LogP contribution is 2.32. The Balaban J connectivity index is 1.60. The Bertz CT molecular complexity index is 1090. The number of nitrogens with one attached hydrogen (secondary N) is 1. The van der Waals surface area contributed by atoms with Gasteiger partial charge in [0, 0.05) is 51.5 Å². The number of carbonyl (C=O) groups is 2. The molecule has 0 radical (unpaired) electrons. The van der Waals surface area contributed by atoms with Crippen molar-refractivity contribution in [2.24, 2.45) is 0 Å². The molecule has 0 aromatic heterocycles. The lowest BCUT2D eigenvalue weighted by Crippen LogP contribution is -2.53. The molecule has 0 saturated carbocycles. The van der Waals surface area contributed by atoms with Crippen molar-refractivity contribution in [3.63, 3.8) is 0 Å². The fourth-order valence-electron chi connectivity index (χ4n) is 4.81. The maximum atomic E-state index is 13.3. The standard InChI is InChI=1S/C29H36N4O3/c1-4-15-33-25(21-32-18-16-31(17-19-32)20-23-9-7-6-8-10-23)26(28(34)36-5-2)27(30-29(33)35)24-13-11-22(3)12-14-24/h4,6-14,27H,1,5,15-21H2,2-3H3,(H,30,35)/t27-/m0/s1. The summed E-state index contributed by atoms with van der Waals surface area (Å²) < 4.78 is 5.49. The van der Waals surface area contributed by atoms with Crippen LogP contribution in [0.4, 0.5) is 4.79 Å². The lowest BCUT2D eigenvalue weighted by Gasteiger charge is -2.40. The number of benzene rings is 2. The average Bonchev–Trinajstić information content (AvgIpc) is 2.88. The summed E-state index contributed by atoms with van der Waals surface area (Å²) in [6.45, 7) is 13.2. The van der Waals surface area contributed by atoms with Crippen LogP contribution in [0.25, 0.3) is 0 Å². The molecule has 1 N–H and O–H groups in total. The summed E-state index contributed by atoms with van der Waals surface area (Å²) in [5.74, 6) is -0.394. The Morgan fingerprint density at radius 2 is 1.67 bits per heavy atom. The second-order valence-electron chi connectivity index (χ2n) is 9.31. The van der Waals surface area contributed by atoms with E-state index in [4.69, 9.17) is 4.74 Å². The van der Waals surface area contributed by atoms with E-state index in [0.717, 1.165) is 43.9 Å². The van der Waals surface area contributed by atoms with Gasteiger partial charge in [-0.1, -0.05) is 66.2 Å². The number of hydrogen-bond acceptors (Lipinski definition) is 5. The van der Waals surface area contributed by atoms with Gasteiger partial charge in [0.15, 0.2) is 0 Å². The molecule has 1 fully saturated rings. The lowest BCUT2D eigenvalue weighted by atomic mass is 9.93. The fourth-order valence-corrected chi connectivity index (χ4v) is 4.81. The van der Waals surface area contributed by atoms with Gasteiger partial charge in [-0.25, -0.2) is 9.59 Å². The predicted molar refractivity (Wildman–Crippen MR) is 141 cm³/mol. The van der Waals surface area contributed by atoms with Gasteiger partial charge in [-0.2, -0.15) is 0 Å². The molecular formula is C29H36N4O3. The third-order valence-corrected chi connectivity index (χ3v) is 6.74. The van der Waals surface area contributed by atoms with E-state index in [1.54, 1.807) is 17.9 Å². The highest BCUT2D eigenvalue weighted by Gasteiger charge is 2.38. The first kappa shape index (κ1) is 25.7. The van der Waals surface area contributed by atoms with Crippen molar-refractivity contribution in [2.45, 2.75) is 26.4 Å².